The Balaban J connectivity index is 2.06. The summed E-state index contributed by atoms with van der Waals surface area (Å²) in [6.45, 7) is 0. The minimum Gasteiger partial charge on any atom is -0.271 e. The van der Waals surface area contributed by atoms with Crippen LogP contribution in [0.4, 0.5) is 8.78 Å². The fraction of sp³-hybridized carbons (Fsp3) is 0.214. The van der Waals surface area contributed by atoms with Crippen molar-refractivity contribution in [2.45, 2.75) is 18.9 Å². The molecule has 100 valence electrons. The zero-order chi connectivity index (χ0) is 13.7. The third-order valence-corrected chi connectivity index (χ3v) is 2.90. The van der Waals surface area contributed by atoms with E-state index in [9.17, 15) is 8.78 Å². The van der Waals surface area contributed by atoms with Crippen molar-refractivity contribution in [1.29, 1.82) is 0 Å². The largest absolute Gasteiger partial charge is 0.271 e. The van der Waals surface area contributed by atoms with Crippen molar-refractivity contribution >= 4 is 0 Å². The highest BCUT2D eigenvalue weighted by Gasteiger charge is 2.13. The molecule has 3 N–H and O–H groups in total. The lowest BCUT2D eigenvalue weighted by atomic mass is 10.0. The SMILES string of the molecule is NNC(Cc1ccccn1)Cc1ccc(F)cc1F. The summed E-state index contributed by atoms with van der Waals surface area (Å²) in [4.78, 5) is 4.20. The van der Waals surface area contributed by atoms with Gasteiger partial charge in [0.25, 0.3) is 0 Å². The fourth-order valence-corrected chi connectivity index (χ4v) is 1.91. The number of hydrogen-bond acceptors (Lipinski definition) is 3. The second kappa shape index (κ2) is 6.36. The first-order chi connectivity index (χ1) is 9.19. The van der Waals surface area contributed by atoms with Crippen LogP contribution in [-0.4, -0.2) is 11.0 Å². The van der Waals surface area contributed by atoms with Crippen molar-refractivity contribution in [3.05, 3.63) is 65.5 Å². The molecule has 0 saturated heterocycles. The Kier molecular flexibility index (Phi) is 4.54. The van der Waals surface area contributed by atoms with E-state index in [1.807, 2.05) is 18.2 Å². The van der Waals surface area contributed by atoms with Gasteiger partial charge in [0.05, 0.1) is 0 Å². The lowest BCUT2D eigenvalue weighted by Crippen LogP contribution is -2.38. The van der Waals surface area contributed by atoms with Crippen molar-refractivity contribution in [2.75, 3.05) is 0 Å². The first kappa shape index (κ1) is 13.6. The second-order valence-corrected chi connectivity index (χ2v) is 4.33. The Morgan fingerprint density at radius 2 is 2.00 bits per heavy atom. The van der Waals surface area contributed by atoms with Gasteiger partial charge in [-0.3, -0.25) is 16.3 Å². The first-order valence-corrected chi connectivity index (χ1v) is 5.99. The number of nitrogens with zero attached hydrogens (tertiary/aromatic N) is 1. The van der Waals surface area contributed by atoms with Gasteiger partial charge >= 0.3 is 0 Å². The van der Waals surface area contributed by atoms with E-state index in [1.165, 1.54) is 12.1 Å². The number of rotatable bonds is 5. The molecule has 0 aliphatic heterocycles. The molecule has 3 nitrogen and oxygen atoms in total. The van der Waals surface area contributed by atoms with Gasteiger partial charge in [-0.2, -0.15) is 0 Å². The number of pyridine rings is 1. The molecule has 0 spiro atoms. The van der Waals surface area contributed by atoms with Crippen LogP contribution >= 0.6 is 0 Å². The molecule has 0 aliphatic rings. The van der Waals surface area contributed by atoms with Gasteiger partial charge < -0.3 is 0 Å². The topological polar surface area (TPSA) is 50.9 Å². The van der Waals surface area contributed by atoms with E-state index in [-0.39, 0.29) is 6.04 Å². The summed E-state index contributed by atoms with van der Waals surface area (Å²) in [6, 6.07) is 8.99. The normalized spacial score (nSPS) is 12.4. The summed E-state index contributed by atoms with van der Waals surface area (Å²) in [6.07, 6.45) is 2.65. The maximum Gasteiger partial charge on any atom is 0.129 e. The summed E-state index contributed by atoms with van der Waals surface area (Å²) in [5.74, 6) is 4.34. The lowest BCUT2D eigenvalue weighted by Gasteiger charge is -2.16. The van der Waals surface area contributed by atoms with Crippen LogP contribution in [0, 0.1) is 11.6 Å². The number of aromatic nitrogens is 1. The highest BCUT2D eigenvalue weighted by Crippen LogP contribution is 2.13. The van der Waals surface area contributed by atoms with E-state index in [1.54, 1.807) is 6.20 Å². The van der Waals surface area contributed by atoms with Crippen LogP contribution in [0.1, 0.15) is 11.3 Å². The Bertz CT molecular complexity index is 531. The molecule has 0 saturated carbocycles. The highest BCUT2D eigenvalue weighted by atomic mass is 19.1. The second-order valence-electron chi connectivity index (χ2n) is 4.33. The van der Waals surface area contributed by atoms with Gasteiger partial charge in [-0.05, 0) is 30.2 Å². The molecule has 0 radical (unpaired) electrons. The molecule has 19 heavy (non-hydrogen) atoms. The fourth-order valence-electron chi connectivity index (χ4n) is 1.91. The lowest BCUT2D eigenvalue weighted by molar-refractivity contribution is 0.498. The number of benzene rings is 1. The van der Waals surface area contributed by atoms with Crippen LogP contribution in [0.25, 0.3) is 0 Å². The number of hydrogen-bond donors (Lipinski definition) is 2. The molecular formula is C14H15F2N3. The van der Waals surface area contributed by atoms with Gasteiger partial charge in [-0.1, -0.05) is 12.1 Å². The molecule has 0 bridgehead atoms. The van der Waals surface area contributed by atoms with E-state index in [4.69, 9.17) is 5.84 Å². The Morgan fingerprint density at radius 3 is 2.63 bits per heavy atom. The number of halogens is 2. The molecule has 2 aromatic rings. The van der Waals surface area contributed by atoms with Gasteiger partial charge in [0.1, 0.15) is 11.6 Å². The molecule has 0 amide bonds. The third-order valence-electron chi connectivity index (χ3n) is 2.90. The summed E-state index contributed by atoms with van der Waals surface area (Å²) in [7, 11) is 0. The number of nitrogens with one attached hydrogen (secondary N) is 1. The molecule has 2 rings (SSSR count). The quantitative estimate of drug-likeness (QED) is 0.640. The van der Waals surface area contributed by atoms with Crippen molar-refractivity contribution < 1.29 is 8.78 Å². The van der Waals surface area contributed by atoms with Crippen molar-refractivity contribution in [2.24, 2.45) is 5.84 Å². The summed E-state index contributed by atoms with van der Waals surface area (Å²) < 4.78 is 26.4. The average molecular weight is 263 g/mol. The first-order valence-electron chi connectivity index (χ1n) is 5.99. The number of nitrogens with two attached hydrogens (primary N) is 1. The van der Waals surface area contributed by atoms with Gasteiger partial charge in [0.15, 0.2) is 0 Å². The summed E-state index contributed by atoms with van der Waals surface area (Å²) >= 11 is 0. The molecule has 0 fully saturated rings. The monoisotopic (exact) mass is 263 g/mol. The van der Waals surface area contributed by atoms with Crippen molar-refractivity contribution in [3.8, 4) is 0 Å². The summed E-state index contributed by atoms with van der Waals surface area (Å²) in [5.41, 5.74) is 3.94. The molecule has 1 aromatic carbocycles. The average Bonchev–Trinajstić information content (AvgIpc) is 2.42. The molecule has 5 heteroatoms. The molecule has 0 aliphatic carbocycles. The maximum absolute atomic E-state index is 13.6. The molecule has 1 aromatic heterocycles. The van der Waals surface area contributed by atoms with Crippen LogP contribution in [0.2, 0.25) is 0 Å². The van der Waals surface area contributed by atoms with E-state index < -0.39 is 11.6 Å². The van der Waals surface area contributed by atoms with E-state index in [0.717, 1.165) is 11.8 Å². The highest BCUT2D eigenvalue weighted by molar-refractivity contribution is 5.20. The predicted molar refractivity (Wildman–Crippen MR) is 69.1 cm³/mol. The third kappa shape index (κ3) is 3.81. The van der Waals surface area contributed by atoms with Gasteiger partial charge in [-0.15, -0.1) is 0 Å². The minimum absolute atomic E-state index is 0.158. The smallest absolute Gasteiger partial charge is 0.129 e. The van der Waals surface area contributed by atoms with Crippen LogP contribution in [0.5, 0.6) is 0 Å². The standard InChI is InChI=1S/C14H15F2N3/c15-11-5-4-10(14(16)8-11)7-13(19-17)9-12-3-1-2-6-18-12/h1-6,8,13,19H,7,9,17H2. The zero-order valence-electron chi connectivity index (χ0n) is 10.3. The maximum atomic E-state index is 13.6. The molecule has 1 atom stereocenters. The molecular weight excluding hydrogens is 248 g/mol. The zero-order valence-corrected chi connectivity index (χ0v) is 10.3. The van der Waals surface area contributed by atoms with E-state index in [2.05, 4.69) is 10.4 Å². The van der Waals surface area contributed by atoms with Gasteiger partial charge in [0.2, 0.25) is 0 Å². The van der Waals surface area contributed by atoms with Crippen LogP contribution in [0.3, 0.4) is 0 Å². The van der Waals surface area contributed by atoms with Crippen LogP contribution in [0.15, 0.2) is 42.6 Å². The van der Waals surface area contributed by atoms with Crippen LogP contribution < -0.4 is 11.3 Å². The van der Waals surface area contributed by atoms with E-state index in [0.29, 0.717) is 18.4 Å². The Hall–Kier alpha value is -1.85. The summed E-state index contributed by atoms with van der Waals surface area (Å²) in [5, 5.41) is 0. The Morgan fingerprint density at radius 1 is 1.16 bits per heavy atom. The van der Waals surface area contributed by atoms with E-state index >= 15 is 0 Å². The molecule has 1 heterocycles. The number of hydrazine groups is 1. The predicted octanol–water partition coefficient (Wildman–Crippen LogP) is 1.98. The van der Waals surface area contributed by atoms with Crippen LogP contribution in [-0.2, 0) is 12.8 Å². The van der Waals surface area contributed by atoms with Crippen molar-refractivity contribution in [3.63, 3.8) is 0 Å². The molecule has 1 unspecified atom stereocenters. The minimum atomic E-state index is -0.580. The Labute approximate surface area is 110 Å². The van der Waals surface area contributed by atoms with Gasteiger partial charge in [-0.25, -0.2) is 8.78 Å². The van der Waals surface area contributed by atoms with Crippen molar-refractivity contribution in [1.82, 2.24) is 10.4 Å². The van der Waals surface area contributed by atoms with Gasteiger partial charge in [0, 0.05) is 30.4 Å².